The number of anilines is 1. The molecule has 1 aromatic heterocycles. The lowest BCUT2D eigenvalue weighted by Crippen LogP contribution is -2.38. The summed E-state index contributed by atoms with van der Waals surface area (Å²) in [6.07, 6.45) is 0. The van der Waals surface area contributed by atoms with Gasteiger partial charge in [-0.15, -0.1) is 0 Å². The van der Waals surface area contributed by atoms with E-state index in [1.165, 1.54) is 11.3 Å². The maximum absolute atomic E-state index is 13.4. The van der Waals surface area contributed by atoms with Crippen molar-refractivity contribution in [3.63, 3.8) is 0 Å². The molecular formula is C22H26ClN3O2S. The van der Waals surface area contributed by atoms with Crippen LogP contribution in [0.25, 0.3) is 10.2 Å². The summed E-state index contributed by atoms with van der Waals surface area (Å²) in [5.41, 5.74) is 2.51. The van der Waals surface area contributed by atoms with Crippen LogP contribution < -0.4 is 9.64 Å². The van der Waals surface area contributed by atoms with E-state index in [0.29, 0.717) is 22.3 Å². The molecule has 0 aliphatic rings. The average Bonchev–Trinajstić information content (AvgIpc) is 3.15. The predicted octanol–water partition coefficient (Wildman–Crippen LogP) is 5.26. The number of amides is 1. The van der Waals surface area contributed by atoms with Crippen LogP contribution in [-0.4, -0.2) is 49.1 Å². The van der Waals surface area contributed by atoms with Gasteiger partial charge < -0.3 is 9.64 Å². The normalized spacial score (nSPS) is 11.2. The Morgan fingerprint density at radius 1 is 1.14 bits per heavy atom. The number of thiazole rings is 1. The maximum atomic E-state index is 13.4. The zero-order valence-corrected chi connectivity index (χ0v) is 18.8. The lowest BCUT2D eigenvalue weighted by atomic mass is 10.2. The summed E-state index contributed by atoms with van der Waals surface area (Å²) in [5.74, 6) is 0.657. The van der Waals surface area contributed by atoms with Crippen molar-refractivity contribution < 1.29 is 9.53 Å². The Hall–Kier alpha value is -2.15. The molecule has 0 aliphatic heterocycles. The average molecular weight is 432 g/mol. The van der Waals surface area contributed by atoms with Crippen molar-refractivity contribution in [3.05, 3.63) is 52.5 Å². The van der Waals surface area contributed by atoms with Crippen LogP contribution in [0.15, 0.2) is 36.4 Å². The van der Waals surface area contributed by atoms with Crippen LogP contribution in [0, 0.1) is 6.92 Å². The third-order valence-corrected chi connectivity index (χ3v) is 6.23. The standard InChI is InChI=1S/C22H26ClN3O2S/c1-5-25(6-2)11-12-26(21(27)16-7-9-18(28-4)10-8-16)22-24-20-15(3)13-17(23)14-19(20)29-22/h7-10,13-14H,5-6,11-12H2,1-4H3. The quantitative estimate of drug-likeness (QED) is 0.488. The first-order valence-electron chi connectivity index (χ1n) is 9.71. The van der Waals surface area contributed by atoms with E-state index in [-0.39, 0.29) is 5.91 Å². The van der Waals surface area contributed by atoms with Gasteiger partial charge in [-0.3, -0.25) is 9.69 Å². The molecule has 0 saturated carbocycles. The summed E-state index contributed by atoms with van der Waals surface area (Å²) >= 11 is 7.72. The SMILES string of the molecule is CCN(CC)CCN(C(=O)c1ccc(OC)cc1)c1nc2c(C)cc(Cl)cc2s1. The van der Waals surface area contributed by atoms with Gasteiger partial charge in [0, 0.05) is 23.7 Å². The monoisotopic (exact) mass is 431 g/mol. The van der Waals surface area contributed by atoms with Crippen LogP contribution in [-0.2, 0) is 0 Å². The van der Waals surface area contributed by atoms with Gasteiger partial charge in [0.25, 0.3) is 5.91 Å². The highest BCUT2D eigenvalue weighted by atomic mass is 35.5. The van der Waals surface area contributed by atoms with Gasteiger partial charge in [-0.25, -0.2) is 4.98 Å². The number of rotatable bonds is 8. The first kappa shape index (κ1) is 21.6. The fourth-order valence-corrected chi connectivity index (χ4v) is 4.66. The van der Waals surface area contributed by atoms with Gasteiger partial charge in [-0.05, 0) is 62.0 Å². The number of carbonyl (C=O) groups is 1. The number of hydrogen-bond donors (Lipinski definition) is 0. The smallest absolute Gasteiger partial charge is 0.260 e. The molecule has 0 radical (unpaired) electrons. The number of aromatic nitrogens is 1. The van der Waals surface area contributed by atoms with Gasteiger partial charge in [0.15, 0.2) is 5.13 Å². The highest BCUT2D eigenvalue weighted by molar-refractivity contribution is 7.22. The van der Waals surface area contributed by atoms with Gasteiger partial charge in [-0.2, -0.15) is 0 Å². The second kappa shape index (κ2) is 9.57. The lowest BCUT2D eigenvalue weighted by Gasteiger charge is -2.24. The molecule has 5 nitrogen and oxygen atoms in total. The van der Waals surface area contributed by atoms with Crippen LogP contribution >= 0.6 is 22.9 Å². The Morgan fingerprint density at radius 2 is 1.83 bits per heavy atom. The summed E-state index contributed by atoms with van der Waals surface area (Å²) in [6.45, 7) is 9.47. The molecule has 0 N–H and O–H groups in total. The molecule has 0 aliphatic carbocycles. The zero-order chi connectivity index (χ0) is 21.0. The largest absolute Gasteiger partial charge is 0.497 e. The number of nitrogens with zero attached hydrogens (tertiary/aromatic N) is 3. The van der Waals surface area contributed by atoms with Crippen molar-refractivity contribution in [3.8, 4) is 5.75 Å². The van der Waals surface area contributed by atoms with Gasteiger partial charge in [-0.1, -0.05) is 36.8 Å². The van der Waals surface area contributed by atoms with Crippen molar-refractivity contribution >= 4 is 44.2 Å². The van der Waals surface area contributed by atoms with E-state index in [1.54, 1.807) is 36.3 Å². The summed E-state index contributed by atoms with van der Waals surface area (Å²) in [4.78, 5) is 22.2. The van der Waals surface area contributed by atoms with Crippen molar-refractivity contribution in [2.45, 2.75) is 20.8 Å². The molecule has 1 heterocycles. The fraction of sp³-hybridized carbons (Fsp3) is 0.364. The zero-order valence-electron chi connectivity index (χ0n) is 17.2. The minimum absolute atomic E-state index is 0.0670. The Morgan fingerprint density at radius 3 is 2.45 bits per heavy atom. The molecule has 0 bridgehead atoms. The third-order valence-electron chi connectivity index (χ3n) is 4.99. The number of halogens is 1. The third kappa shape index (κ3) is 4.89. The molecule has 3 aromatic rings. The van der Waals surface area contributed by atoms with E-state index >= 15 is 0 Å². The fourth-order valence-electron chi connectivity index (χ4n) is 3.21. The first-order valence-corrected chi connectivity index (χ1v) is 10.9. The predicted molar refractivity (Wildman–Crippen MR) is 122 cm³/mol. The molecular weight excluding hydrogens is 406 g/mol. The van der Waals surface area contributed by atoms with Gasteiger partial charge >= 0.3 is 0 Å². The van der Waals surface area contributed by atoms with E-state index in [9.17, 15) is 4.79 Å². The van der Waals surface area contributed by atoms with E-state index in [1.807, 2.05) is 19.1 Å². The maximum Gasteiger partial charge on any atom is 0.260 e. The molecule has 2 aromatic carbocycles. The van der Waals surface area contributed by atoms with Crippen molar-refractivity contribution in [1.82, 2.24) is 9.88 Å². The van der Waals surface area contributed by atoms with Crippen LogP contribution in [0.1, 0.15) is 29.8 Å². The number of aryl methyl sites for hydroxylation is 1. The number of methoxy groups -OCH3 is 1. The molecule has 0 saturated heterocycles. The number of fused-ring (bicyclic) bond motifs is 1. The number of hydrogen-bond acceptors (Lipinski definition) is 5. The second-order valence-electron chi connectivity index (χ2n) is 6.78. The summed E-state index contributed by atoms with van der Waals surface area (Å²) in [7, 11) is 1.61. The van der Waals surface area contributed by atoms with Crippen LogP contribution in [0.5, 0.6) is 5.75 Å². The highest BCUT2D eigenvalue weighted by Gasteiger charge is 2.22. The van der Waals surface area contributed by atoms with Crippen molar-refractivity contribution in [2.75, 3.05) is 38.2 Å². The minimum Gasteiger partial charge on any atom is -0.497 e. The molecule has 0 unspecified atom stereocenters. The van der Waals surface area contributed by atoms with E-state index in [0.717, 1.165) is 41.2 Å². The molecule has 0 atom stereocenters. The highest BCUT2D eigenvalue weighted by Crippen LogP contribution is 2.33. The van der Waals surface area contributed by atoms with Crippen LogP contribution in [0.3, 0.4) is 0 Å². The Balaban J connectivity index is 1.97. The molecule has 29 heavy (non-hydrogen) atoms. The molecule has 7 heteroatoms. The molecule has 1 amide bonds. The van der Waals surface area contributed by atoms with Crippen LogP contribution in [0.2, 0.25) is 5.02 Å². The van der Waals surface area contributed by atoms with Crippen LogP contribution in [0.4, 0.5) is 5.13 Å². The first-order chi connectivity index (χ1) is 14.0. The van der Waals surface area contributed by atoms with E-state index < -0.39 is 0 Å². The van der Waals surface area contributed by atoms with Gasteiger partial charge in [0.1, 0.15) is 5.75 Å². The Labute approximate surface area is 180 Å². The number of ether oxygens (including phenoxy) is 1. The number of benzene rings is 2. The Bertz CT molecular complexity index is 984. The van der Waals surface area contributed by atoms with Crippen molar-refractivity contribution in [2.24, 2.45) is 0 Å². The van der Waals surface area contributed by atoms with E-state index in [4.69, 9.17) is 21.3 Å². The molecule has 0 fully saturated rings. The molecule has 154 valence electrons. The number of likely N-dealkylation sites (N-methyl/N-ethyl adjacent to an activating group) is 1. The lowest BCUT2D eigenvalue weighted by molar-refractivity contribution is 0.0983. The minimum atomic E-state index is -0.0670. The summed E-state index contributed by atoms with van der Waals surface area (Å²) in [5, 5.41) is 1.37. The summed E-state index contributed by atoms with van der Waals surface area (Å²) < 4.78 is 6.20. The number of carbonyl (C=O) groups excluding carboxylic acids is 1. The molecule has 3 rings (SSSR count). The topological polar surface area (TPSA) is 45.7 Å². The molecule has 0 spiro atoms. The summed E-state index contributed by atoms with van der Waals surface area (Å²) in [6, 6.07) is 11.0. The second-order valence-corrected chi connectivity index (χ2v) is 8.22. The van der Waals surface area contributed by atoms with Gasteiger partial charge in [0.2, 0.25) is 0 Å². The van der Waals surface area contributed by atoms with Crippen molar-refractivity contribution in [1.29, 1.82) is 0 Å². The Kier molecular flexibility index (Phi) is 7.11. The van der Waals surface area contributed by atoms with Gasteiger partial charge in [0.05, 0.1) is 17.3 Å². The van der Waals surface area contributed by atoms with E-state index in [2.05, 4.69) is 18.7 Å².